The Morgan fingerprint density at radius 2 is 2.10 bits per heavy atom. The van der Waals surface area contributed by atoms with E-state index < -0.39 is 5.41 Å². The molecule has 1 amide bonds. The summed E-state index contributed by atoms with van der Waals surface area (Å²) >= 11 is 0. The minimum absolute atomic E-state index is 0.0494. The molecule has 0 bridgehead atoms. The molecule has 0 aliphatic heterocycles. The van der Waals surface area contributed by atoms with Crippen molar-refractivity contribution in [1.29, 1.82) is 0 Å². The van der Waals surface area contributed by atoms with E-state index in [2.05, 4.69) is 34.1 Å². The van der Waals surface area contributed by atoms with Crippen LogP contribution in [0.3, 0.4) is 0 Å². The Balaban J connectivity index is 2.01. The molecular formula is C21H31N5O3. The van der Waals surface area contributed by atoms with Crippen molar-refractivity contribution in [3.8, 4) is 0 Å². The minimum Gasteiger partial charge on any atom is -0.395 e. The first-order valence-corrected chi connectivity index (χ1v) is 10.3. The molecule has 0 aliphatic carbocycles. The van der Waals surface area contributed by atoms with Gasteiger partial charge in [-0.2, -0.15) is 0 Å². The molecule has 3 rings (SSSR count). The van der Waals surface area contributed by atoms with E-state index in [-0.39, 0.29) is 36.7 Å². The molecule has 0 saturated heterocycles. The normalized spacial score (nSPS) is 14.4. The third kappa shape index (κ3) is 3.94. The van der Waals surface area contributed by atoms with Crippen LogP contribution in [0.15, 0.2) is 23.3 Å². The zero-order valence-electron chi connectivity index (χ0n) is 17.6. The lowest BCUT2D eigenvalue weighted by molar-refractivity contribution is -0.130. The van der Waals surface area contributed by atoms with E-state index >= 15 is 0 Å². The molecule has 0 spiro atoms. The molecule has 3 heterocycles. The molecule has 0 radical (unpaired) electrons. The van der Waals surface area contributed by atoms with Gasteiger partial charge in [-0.1, -0.05) is 34.1 Å². The molecule has 2 unspecified atom stereocenters. The number of pyridine rings is 1. The molecule has 0 fully saturated rings. The predicted octanol–water partition coefficient (Wildman–Crippen LogP) is 2.71. The molecule has 29 heavy (non-hydrogen) atoms. The van der Waals surface area contributed by atoms with Crippen LogP contribution in [0.1, 0.15) is 53.0 Å². The van der Waals surface area contributed by atoms with Gasteiger partial charge in [-0.3, -0.25) is 9.36 Å². The van der Waals surface area contributed by atoms with Gasteiger partial charge in [0.1, 0.15) is 5.65 Å². The van der Waals surface area contributed by atoms with Gasteiger partial charge in [-0.15, -0.1) is 0 Å². The van der Waals surface area contributed by atoms with E-state index in [0.717, 1.165) is 34.9 Å². The second-order valence-corrected chi connectivity index (χ2v) is 8.27. The van der Waals surface area contributed by atoms with Gasteiger partial charge in [0.05, 0.1) is 23.8 Å². The molecule has 2 atom stereocenters. The van der Waals surface area contributed by atoms with Gasteiger partial charge >= 0.3 is 5.69 Å². The summed E-state index contributed by atoms with van der Waals surface area (Å²) < 4.78 is 1.85. The maximum absolute atomic E-state index is 12.9. The van der Waals surface area contributed by atoms with Crippen molar-refractivity contribution in [3.05, 3.63) is 28.9 Å². The number of rotatable bonds is 9. The fraction of sp³-hybridized carbons (Fsp3) is 0.571. The van der Waals surface area contributed by atoms with E-state index in [1.54, 1.807) is 6.20 Å². The van der Waals surface area contributed by atoms with Crippen molar-refractivity contribution < 1.29 is 9.90 Å². The second kappa shape index (κ2) is 8.41. The van der Waals surface area contributed by atoms with Crippen molar-refractivity contribution in [2.45, 2.75) is 53.0 Å². The van der Waals surface area contributed by atoms with Crippen LogP contribution in [0.25, 0.3) is 22.1 Å². The topological polar surface area (TPSA) is 116 Å². The standard InChI is InChI=1S/C21H31N5O3/c1-5-13(11-21(3,4)19(28)23-9-10-27)16(6-2)26-17-14-7-8-22-18(14)24-12-15(17)25-20(26)29/h7-8,12-13,16,27H,5-6,9-11H2,1-4H3,(H,22,24)(H,23,28)(H,25,29). The Morgan fingerprint density at radius 1 is 1.34 bits per heavy atom. The van der Waals surface area contributed by atoms with E-state index in [1.807, 2.05) is 30.7 Å². The third-order valence-corrected chi connectivity index (χ3v) is 5.86. The van der Waals surface area contributed by atoms with Gasteiger partial charge in [0, 0.05) is 29.6 Å². The smallest absolute Gasteiger partial charge is 0.326 e. The van der Waals surface area contributed by atoms with Gasteiger partial charge in [0.15, 0.2) is 0 Å². The fourth-order valence-electron chi connectivity index (χ4n) is 4.37. The van der Waals surface area contributed by atoms with Crippen LogP contribution in [-0.4, -0.2) is 43.7 Å². The SMILES string of the molecule is CCC(CC(C)(C)C(=O)NCCO)C(CC)n1c(=O)[nH]c2cnc3[nH]ccc3c21. The number of aromatic nitrogens is 4. The van der Waals surface area contributed by atoms with E-state index in [0.29, 0.717) is 6.42 Å². The summed E-state index contributed by atoms with van der Waals surface area (Å²) in [7, 11) is 0. The van der Waals surface area contributed by atoms with Crippen molar-refractivity contribution in [3.63, 3.8) is 0 Å². The first-order chi connectivity index (χ1) is 13.8. The summed E-state index contributed by atoms with van der Waals surface area (Å²) in [6.45, 7) is 8.18. The van der Waals surface area contributed by atoms with Crippen molar-refractivity contribution in [2.75, 3.05) is 13.2 Å². The van der Waals surface area contributed by atoms with Crippen molar-refractivity contribution in [1.82, 2.24) is 24.8 Å². The summed E-state index contributed by atoms with van der Waals surface area (Å²) in [6, 6.07) is 1.89. The van der Waals surface area contributed by atoms with Gasteiger partial charge in [0.25, 0.3) is 0 Å². The monoisotopic (exact) mass is 401 g/mol. The number of hydrogen-bond acceptors (Lipinski definition) is 4. The van der Waals surface area contributed by atoms with Gasteiger partial charge < -0.3 is 20.4 Å². The van der Waals surface area contributed by atoms with E-state index in [1.165, 1.54) is 0 Å². The maximum Gasteiger partial charge on any atom is 0.326 e. The average Bonchev–Trinajstić information content (AvgIpc) is 3.29. The second-order valence-electron chi connectivity index (χ2n) is 8.27. The summed E-state index contributed by atoms with van der Waals surface area (Å²) in [5.41, 5.74) is 1.56. The number of hydrogen-bond donors (Lipinski definition) is 4. The van der Waals surface area contributed by atoms with E-state index in [4.69, 9.17) is 5.11 Å². The molecule has 8 heteroatoms. The number of nitrogens with one attached hydrogen (secondary N) is 3. The number of amides is 1. The Kier molecular flexibility index (Phi) is 6.12. The number of aromatic amines is 2. The van der Waals surface area contributed by atoms with Crippen molar-refractivity contribution in [2.24, 2.45) is 11.3 Å². The summed E-state index contributed by atoms with van der Waals surface area (Å²) in [5.74, 6) is 0.0529. The molecule has 0 aromatic carbocycles. The summed E-state index contributed by atoms with van der Waals surface area (Å²) in [4.78, 5) is 35.9. The largest absolute Gasteiger partial charge is 0.395 e. The molecule has 8 nitrogen and oxygen atoms in total. The van der Waals surface area contributed by atoms with E-state index in [9.17, 15) is 9.59 Å². The Bertz CT molecular complexity index is 1050. The lowest BCUT2D eigenvalue weighted by Crippen LogP contribution is -2.41. The molecular weight excluding hydrogens is 370 g/mol. The number of nitrogens with zero attached hydrogens (tertiary/aromatic N) is 2. The number of aliphatic hydroxyl groups excluding tert-OH is 1. The lowest BCUT2D eigenvalue weighted by atomic mass is 9.77. The fourth-order valence-corrected chi connectivity index (χ4v) is 4.37. The lowest BCUT2D eigenvalue weighted by Gasteiger charge is -2.33. The van der Waals surface area contributed by atoms with Gasteiger partial charge in [-0.05, 0) is 24.8 Å². The summed E-state index contributed by atoms with van der Waals surface area (Å²) in [6.07, 6.45) is 5.77. The number of fused-ring (bicyclic) bond motifs is 3. The molecule has 3 aromatic rings. The van der Waals surface area contributed by atoms with Crippen molar-refractivity contribution >= 4 is 28.0 Å². The third-order valence-electron chi connectivity index (χ3n) is 5.86. The highest BCUT2D eigenvalue weighted by Gasteiger charge is 2.34. The van der Waals surface area contributed by atoms with Crippen LogP contribution in [0, 0.1) is 11.3 Å². The highest BCUT2D eigenvalue weighted by molar-refractivity contribution is 6.00. The van der Waals surface area contributed by atoms with Crippen LogP contribution in [0.5, 0.6) is 0 Å². The average molecular weight is 402 g/mol. The van der Waals surface area contributed by atoms with Crippen LogP contribution >= 0.6 is 0 Å². The quantitative estimate of drug-likeness (QED) is 0.441. The summed E-state index contributed by atoms with van der Waals surface area (Å²) in [5, 5.41) is 12.7. The predicted molar refractivity (Wildman–Crippen MR) is 114 cm³/mol. The first-order valence-electron chi connectivity index (χ1n) is 10.3. The molecule has 3 aromatic heterocycles. The van der Waals surface area contributed by atoms with Crippen LogP contribution in [0.2, 0.25) is 0 Å². The Hall–Kier alpha value is -2.61. The molecule has 0 aliphatic rings. The number of carbonyl (C=O) groups is 1. The van der Waals surface area contributed by atoms with Gasteiger partial charge in [-0.25, -0.2) is 9.78 Å². The highest BCUT2D eigenvalue weighted by atomic mass is 16.3. The van der Waals surface area contributed by atoms with Crippen LogP contribution in [0.4, 0.5) is 0 Å². The maximum atomic E-state index is 12.9. The Morgan fingerprint density at radius 3 is 2.76 bits per heavy atom. The number of aliphatic hydroxyl groups is 1. The Labute approximate surface area is 169 Å². The number of H-pyrrole nitrogens is 2. The highest BCUT2D eigenvalue weighted by Crippen LogP contribution is 2.37. The zero-order chi connectivity index (χ0) is 21.2. The number of imidazole rings is 1. The van der Waals surface area contributed by atoms with Crippen LogP contribution < -0.4 is 11.0 Å². The van der Waals surface area contributed by atoms with Gasteiger partial charge in [0.2, 0.25) is 5.91 Å². The van der Waals surface area contributed by atoms with Crippen LogP contribution in [-0.2, 0) is 4.79 Å². The molecule has 158 valence electrons. The minimum atomic E-state index is -0.607. The zero-order valence-corrected chi connectivity index (χ0v) is 17.6. The first kappa shape index (κ1) is 21.1. The molecule has 4 N–H and O–H groups in total. The number of carbonyl (C=O) groups excluding carboxylic acids is 1. The molecule has 0 saturated carbocycles.